The van der Waals surface area contributed by atoms with Crippen molar-refractivity contribution < 1.29 is 22.7 Å². The van der Waals surface area contributed by atoms with Gasteiger partial charge in [-0.2, -0.15) is 0 Å². The van der Waals surface area contributed by atoms with Crippen molar-refractivity contribution in [1.82, 2.24) is 10.2 Å². The highest BCUT2D eigenvalue weighted by atomic mass is 35.5. The molecule has 0 aliphatic rings. The van der Waals surface area contributed by atoms with Crippen LogP contribution >= 0.6 is 11.6 Å². The van der Waals surface area contributed by atoms with Gasteiger partial charge in [0, 0.05) is 18.1 Å². The zero-order valence-corrected chi connectivity index (χ0v) is 26.4. The summed E-state index contributed by atoms with van der Waals surface area (Å²) in [7, 11) is -4.19. The molecule has 0 heterocycles. The van der Waals surface area contributed by atoms with Crippen LogP contribution in [0.3, 0.4) is 0 Å². The standard InChI is InChI=1S/C32H40ClN3O5S/c1-6-30(32(38)34-20-23(3)4)35(21-25-11-9-8-10-24(25)5)31(37)22-36(27-14-16-28(17-15-27)41-7-2)42(39,40)29-18-12-26(33)13-19-29/h8-19,23,30H,6-7,20-22H2,1-5H3,(H,34,38)/t30-/m0/s1. The van der Waals surface area contributed by atoms with Gasteiger partial charge in [0.05, 0.1) is 17.2 Å². The zero-order chi connectivity index (χ0) is 30.9. The Balaban J connectivity index is 2.06. The predicted molar refractivity (Wildman–Crippen MR) is 167 cm³/mol. The number of nitrogens with one attached hydrogen (secondary N) is 1. The number of nitrogens with zero attached hydrogens (tertiary/aromatic N) is 2. The lowest BCUT2D eigenvalue weighted by Gasteiger charge is -2.33. The smallest absolute Gasteiger partial charge is 0.264 e. The lowest BCUT2D eigenvalue weighted by molar-refractivity contribution is -0.140. The van der Waals surface area contributed by atoms with Crippen molar-refractivity contribution in [3.63, 3.8) is 0 Å². The molecular weight excluding hydrogens is 574 g/mol. The van der Waals surface area contributed by atoms with E-state index in [0.29, 0.717) is 30.3 Å². The summed E-state index contributed by atoms with van der Waals surface area (Å²) in [4.78, 5) is 29.0. The Hall–Kier alpha value is -3.56. The molecule has 0 fully saturated rings. The van der Waals surface area contributed by atoms with E-state index in [-0.39, 0.29) is 29.0 Å². The van der Waals surface area contributed by atoms with Crippen molar-refractivity contribution in [2.45, 2.75) is 58.5 Å². The Morgan fingerprint density at radius 2 is 1.60 bits per heavy atom. The fourth-order valence-electron chi connectivity index (χ4n) is 4.45. The van der Waals surface area contributed by atoms with Crippen LogP contribution in [0, 0.1) is 12.8 Å². The third kappa shape index (κ3) is 8.49. The molecule has 3 aromatic carbocycles. The lowest BCUT2D eigenvalue weighted by Crippen LogP contribution is -2.52. The SMILES string of the molecule is CCOc1ccc(N(CC(=O)N(Cc2ccccc2C)[C@@H](CC)C(=O)NCC(C)C)S(=O)(=O)c2ccc(Cl)cc2)cc1. The normalized spacial score (nSPS) is 12.1. The monoisotopic (exact) mass is 613 g/mol. The fraction of sp³-hybridized carbons (Fsp3) is 0.375. The summed E-state index contributed by atoms with van der Waals surface area (Å²) in [5, 5.41) is 3.33. The summed E-state index contributed by atoms with van der Waals surface area (Å²) in [6, 6.07) is 19.1. The van der Waals surface area contributed by atoms with E-state index in [1.165, 1.54) is 29.2 Å². The van der Waals surface area contributed by atoms with Gasteiger partial charge < -0.3 is 15.0 Å². The molecule has 0 aliphatic heterocycles. The van der Waals surface area contributed by atoms with Gasteiger partial charge in [-0.3, -0.25) is 13.9 Å². The molecule has 0 saturated carbocycles. The summed E-state index contributed by atoms with van der Waals surface area (Å²) in [5.74, 6) is 0.0228. The second-order valence-corrected chi connectivity index (χ2v) is 12.7. The third-order valence-electron chi connectivity index (χ3n) is 6.79. The topological polar surface area (TPSA) is 96.0 Å². The quantitative estimate of drug-likeness (QED) is 0.247. The molecule has 226 valence electrons. The Kier molecular flexibility index (Phi) is 11.8. The van der Waals surface area contributed by atoms with Gasteiger partial charge in [-0.1, -0.05) is 56.6 Å². The van der Waals surface area contributed by atoms with Crippen molar-refractivity contribution in [1.29, 1.82) is 0 Å². The Morgan fingerprint density at radius 1 is 0.952 bits per heavy atom. The minimum absolute atomic E-state index is 0.0132. The molecule has 2 amide bonds. The number of rotatable bonds is 14. The lowest BCUT2D eigenvalue weighted by atomic mass is 10.1. The molecule has 1 atom stereocenters. The first-order chi connectivity index (χ1) is 20.0. The van der Waals surface area contributed by atoms with Gasteiger partial charge in [0.1, 0.15) is 18.3 Å². The first-order valence-corrected chi connectivity index (χ1v) is 15.9. The van der Waals surface area contributed by atoms with Gasteiger partial charge in [-0.05, 0) is 85.8 Å². The van der Waals surface area contributed by atoms with Crippen LogP contribution in [0.1, 0.15) is 45.2 Å². The van der Waals surface area contributed by atoms with E-state index in [1.807, 2.05) is 58.9 Å². The minimum Gasteiger partial charge on any atom is -0.494 e. The average Bonchev–Trinajstić information content (AvgIpc) is 2.96. The van der Waals surface area contributed by atoms with Crippen molar-refractivity contribution in [3.8, 4) is 5.75 Å². The highest BCUT2D eigenvalue weighted by Gasteiger charge is 2.34. The van der Waals surface area contributed by atoms with Gasteiger partial charge in [0.15, 0.2) is 0 Å². The molecule has 1 N–H and O–H groups in total. The van der Waals surface area contributed by atoms with E-state index >= 15 is 0 Å². The van der Waals surface area contributed by atoms with E-state index in [2.05, 4.69) is 5.32 Å². The number of benzene rings is 3. The molecule has 0 bridgehead atoms. The van der Waals surface area contributed by atoms with Gasteiger partial charge >= 0.3 is 0 Å². The number of ether oxygens (including phenoxy) is 1. The molecule has 0 radical (unpaired) electrons. The van der Waals surface area contributed by atoms with Crippen molar-refractivity contribution in [2.24, 2.45) is 5.92 Å². The molecule has 8 nitrogen and oxygen atoms in total. The predicted octanol–water partition coefficient (Wildman–Crippen LogP) is 5.82. The number of aryl methyl sites for hydroxylation is 1. The molecule has 0 saturated heterocycles. The van der Waals surface area contributed by atoms with Crippen molar-refractivity contribution in [3.05, 3.63) is 88.9 Å². The molecule has 10 heteroatoms. The largest absolute Gasteiger partial charge is 0.494 e. The number of anilines is 1. The van der Waals surface area contributed by atoms with Gasteiger partial charge in [0.2, 0.25) is 11.8 Å². The number of hydrogen-bond acceptors (Lipinski definition) is 5. The van der Waals surface area contributed by atoms with Gasteiger partial charge in [-0.15, -0.1) is 0 Å². The molecule has 0 aliphatic carbocycles. The van der Waals surface area contributed by atoms with Crippen LogP contribution in [0.15, 0.2) is 77.7 Å². The first-order valence-electron chi connectivity index (χ1n) is 14.1. The van der Waals surface area contributed by atoms with Crippen molar-refractivity contribution >= 4 is 39.1 Å². The third-order valence-corrected chi connectivity index (χ3v) is 8.83. The molecule has 0 unspecified atom stereocenters. The maximum atomic E-state index is 14.2. The van der Waals surface area contributed by atoms with E-state index in [9.17, 15) is 18.0 Å². The number of halogens is 1. The van der Waals surface area contributed by atoms with Crippen LogP contribution in [-0.2, 0) is 26.2 Å². The summed E-state index contributed by atoms with van der Waals surface area (Å²) >= 11 is 6.03. The van der Waals surface area contributed by atoms with Crippen LogP contribution < -0.4 is 14.4 Å². The maximum absolute atomic E-state index is 14.2. The maximum Gasteiger partial charge on any atom is 0.264 e. The molecule has 3 aromatic rings. The van der Waals surface area contributed by atoms with Crippen LogP contribution in [0.2, 0.25) is 5.02 Å². The van der Waals surface area contributed by atoms with Crippen LogP contribution in [0.5, 0.6) is 5.75 Å². The summed E-state index contributed by atoms with van der Waals surface area (Å²) in [6.07, 6.45) is 0.356. The zero-order valence-electron chi connectivity index (χ0n) is 24.8. The van der Waals surface area contributed by atoms with Gasteiger partial charge in [0.25, 0.3) is 10.0 Å². The molecule has 0 spiro atoms. The first kappa shape index (κ1) is 32.9. The number of carbonyl (C=O) groups excluding carboxylic acids is 2. The number of amides is 2. The summed E-state index contributed by atoms with van der Waals surface area (Å²) in [5.41, 5.74) is 2.12. The highest BCUT2D eigenvalue weighted by Crippen LogP contribution is 2.27. The Bertz CT molecular complexity index is 1440. The highest BCUT2D eigenvalue weighted by molar-refractivity contribution is 7.92. The second-order valence-electron chi connectivity index (χ2n) is 10.4. The summed E-state index contributed by atoms with van der Waals surface area (Å²) < 4.78 is 34.6. The van der Waals surface area contributed by atoms with E-state index in [0.717, 1.165) is 15.4 Å². The Morgan fingerprint density at radius 3 is 2.17 bits per heavy atom. The average molecular weight is 614 g/mol. The summed E-state index contributed by atoms with van der Waals surface area (Å²) in [6.45, 7) is 10.2. The van der Waals surface area contributed by atoms with Crippen LogP contribution in [0.25, 0.3) is 0 Å². The van der Waals surface area contributed by atoms with E-state index < -0.39 is 28.5 Å². The van der Waals surface area contributed by atoms with Crippen LogP contribution in [0.4, 0.5) is 5.69 Å². The Labute approximate surface area is 254 Å². The minimum atomic E-state index is -4.19. The second kappa shape index (κ2) is 15.1. The van der Waals surface area contributed by atoms with E-state index in [4.69, 9.17) is 16.3 Å². The van der Waals surface area contributed by atoms with Crippen LogP contribution in [-0.4, -0.2) is 50.9 Å². The van der Waals surface area contributed by atoms with Crippen molar-refractivity contribution in [2.75, 3.05) is 24.0 Å². The molecule has 42 heavy (non-hydrogen) atoms. The molecular formula is C32H40ClN3O5S. The van der Waals surface area contributed by atoms with Gasteiger partial charge in [-0.25, -0.2) is 8.42 Å². The molecule has 3 rings (SSSR count). The molecule has 0 aromatic heterocycles. The number of carbonyl (C=O) groups is 2. The number of sulfonamides is 1. The fourth-order valence-corrected chi connectivity index (χ4v) is 5.99. The van der Waals surface area contributed by atoms with E-state index in [1.54, 1.807) is 24.3 Å². The number of hydrogen-bond donors (Lipinski definition) is 1.